The van der Waals surface area contributed by atoms with E-state index in [1.807, 2.05) is 23.1 Å². The van der Waals surface area contributed by atoms with Crippen molar-refractivity contribution in [2.45, 2.75) is 31.7 Å². The highest BCUT2D eigenvalue weighted by molar-refractivity contribution is 5.95. The third-order valence-corrected chi connectivity index (χ3v) is 6.32. The van der Waals surface area contributed by atoms with Crippen molar-refractivity contribution in [1.29, 1.82) is 0 Å². The lowest BCUT2D eigenvalue weighted by Gasteiger charge is -2.29. The highest BCUT2D eigenvalue weighted by atomic mass is 19.1. The molecule has 0 saturated carbocycles. The van der Waals surface area contributed by atoms with E-state index in [2.05, 4.69) is 39.4 Å². The third kappa shape index (κ3) is 4.02. The average Bonchev–Trinajstić information content (AvgIpc) is 3.30. The molecule has 0 unspecified atom stereocenters. The molecule has 2 aliphatic rings. The summed E-state index contributed by atoms with van der Waals surface area (Å²) in [6.45, 7) is 1.80. The highest BCUT2D eigenvalue weighted by Gasteiger charge is 2.32. The Morgan fingerprint density at radius 1 is 1.06 bits per heavy atom. The fourth-order valence-electron chi connectivity index (χ4n) is 4.68. The van der Waals surface area contributed by atoms with Gasteiger partial charge in [0.15, 0.2) is 0 Å². The van der Waals surface area contributed by atoms with Crippen LogP contribution in [0.4, 0.5) is 21.6 Å². The largest absolute Gasteiger partial charge is 0.374 e. The summed E-state index contributed by atoms with van der Waals surface area (Å²) in [7, 11) is 2.10. The van der Waals surface area contributed by atoms with Crippen LogP contribution in [-0.4, -0.2) is 40.9 Å². The molecule has 164 valence electrons. The first-order chi connectivity index (χ1) is 15.6. The van der Waals surface area contributed by atoms with Crippen molar-refractivity contribution in [3.63, 3.8) is 0 Å². The van der Waals surface area contributed by atoms with Gasteiger partial charge in [-0.3, -0.25) is 9.78 Å². The number of anilines is 3. The van der Waals surface area contributed by atoms with Crippen molar-refractivity contribution < 1.29 is 9.18 Å². The number of fused-ring (bicyclic) bond motifs is 1. The van der Waals surface area contributed by atoms with Crippen LogP contribution in [-0.2, 0) is 6.42 Å². The molecule has 1 atom stereocenters. The van der Waals surface area contributed by atoms with E-state index in [0.29, 0.717) is 5.82 Å². The number of likely N-dealkylation sites (tertiary alicyclic amines) is 1. The molecule has 0 radical (unpaired) electrons. The Morgan fingerprint density at radius 3 is 2.75 bits per heavy atom. The molecule has 6 nitrogen and oxygen atoms in total. The Morgan fingerprint density at radius 2 is 1.97 bits per heavy atom. The molecule has 2 aromatic heterocycles. The number of aromatic nitrogens is 2. The first kappa shape index (κ1) is 20.4. The Hall–Kier alpha value is -3.48. The first-order valence-electron chi connectivity index (χ1n) is 11.1. The number of amides is 1. The normalized spacial score (nSPS) is 17.9. The zero-order chi connectivity index (χ0) is 22.1. The van der Waals surface area contributed by atoms with Crippen LogP contribution >= 0.6 is 0 Å². The summed E-state index contributed by atoms with van der Waals surface area (Å²) in [5.74, 6) is 0.251. The molecule has 3 aromatic rings. The summed E-state index contributed by atoms with van der Waals surface area (Å²) >= 11 is 0. The molecular weight excluding hydrogens is 405 g/mol. The minimum absolute atomic E-state index is 0.0285. The van der Waals surface area contributed by atoms with Gasteiger partial charge in [-0.2, -0.15) is 0 Å². The van der Waals surface area contributed by atoms with Crippen LogP contribution < -0.4 is 10.2 Å². The van der Waals surface area contributed by atoms with Gasteiger partial charge in [-0.15, -0.1) is 0 Å². The van der Waals surface area contributed by atoms with Gasteiger partial charge in [0, 0.05) is 31.4 Å². The van der Waals surface area contributed by atoms with Gasteiger partial charge in [-0.05, 0) is 73.7 Å². The van der Waals surface area contributed by atoms with E-state index < -0.39 is 0 Å². The Bertz CT molecular complexity index is 1120. The molecule has 32 heavy (non-hydrogen) atoms. The third-order valence-electron chi connectivity index (χ3n) is 6.32. The van der Waals surface area contributed by atoms with E-state index in [0.717, 1.165) is 55.7 Å². The van der Waals surface area contributed by atoms with E-state index in [-0.39, 0.29) is 17.8 Å². The summed E-state index contributed by atoms with van der Waals surface area (Å²) in [4.78, 5) is 26.2. The molecular formula is C25H26FN5O. The van der Waals surface area contributed by atoms with Crippen LogP contribution in [0.2, 0.25) is 0 Å². The predicted molar refractivity (Wildman–Crippen MR) is 123 cm³/mol. The summed E-state index contributed by atoms with van der Waals surface area (Å²) < 4.78 is 13.0. The monoisotopic (exact) mass is 431 g/mol. The molecule has 1 aromatic carbocycles. The van der Waals surface area contributed by atoms with Crippen molar-refractivity contribution in [3.05, 3.63) is 77.5 Å². The summed E-state index contributed by atoms with van der Waals surface area (Å²) in [5, 5.41) is 3.12. The smallest absolute Gasteiger partial charge is 0.254 e. The molecule has 4 heterocycles. The number of benzene rings is 1. The Labute approximate surface area is 187 Å². The van der Waals surface area contributed by atoms with Crippen LogP contribution in [0.3, 0.4) is 0 Å². The summed E-state index contributed by atoms with van der Waals surface area (Å²) in [6.07, 6.45) is 6.90. The maximum Gasteiger partial charge on any atom is 0.254 e. The molecule has 2 aliphatic heterocycles. The topological polar surface area (TPSA) is 61.4 Å². The van der Waals surface area contributed by atoms with Crippen molar-refractivity contribution in [3.8, 4) is 0 Å². The highest BCUT2D eigenvalue weighted by Crippen LogP contribution is 2.34. The number of hydrogen-bond donors (Lipinski definition) is 1. The second kappa shape index (κ2) is 8.57. The van der Waals surface area contributed by atoms with Gasteiger partial charge < -0.3 is 15.1 Å². The lowest BCUT2D eigenvalue weighted by Crippen LogP contribution is -2.31. The SMILES string of the molecule is CN1CCCc2cc(C(=O)N3CCC[C@@H]3c3ccc(Nc4ccc(F)cn4)cn3)ccc21. The maximum absolute atomic E-state index is 13.4. The number of nitrogens with zero attached hydrogens (tertiary/aromatic N) is 4. The molecule has 0 spiro atoms. The Balaban J connectivity index is 1.32. The van der Waals surface area contributed by atoms with Crippen LogP contribution in [0.15, 0.2) is 54.9 Å². The van der Waals surface area contributed by atoms with Crippen LogP contribution in [0.1, 0.15) is 46.9 Å². The van der Waals surface area contributed by atoms with Crippen LogP contribution in [0, 0.1) is 5.82 Å². The number of pyridine rings is 2. The van der Waals surface area contributed by atoms with Gasteiger partial charge in [0.25, 0.3) is 5.91 Å². The zero-order valence-electron chi connectivity index (χ0n) is 18.1. The molecule has 5 rings (SSSR count). The van der Waals surface area contributed by atoms with Gasteiger partial charge in [0.1, 0.15) is 11.6 Å². The van der Waals surface area contributed by atoms with Gasteiger partial charge in [0.05, 0.1) is 29.8 Å². The maximum atomic E-state index is 13.4. The van der Waals surface area contributed by atoms with E-state index in [1.54, 1.807) is 12.3 Å². The molecule has 0 aliphatic carbocycles. The average molecular weight is 432 g/mol. The number of carbonyl (C=O) groups is 1. The summed E-state index contributed by atoms with van der Waals surface area (Å²) in [6, 6.07) is 12.9. The van der Waals surface area contributed by atoms with Crippen molar-refractivity contribution in [2.24, 2.45) is 0 Å². The van der Waals surface area contributed by atoms with Crippen LogP contribution in [0.25, 0.3) is 0 Å². The quantitative estimate of drug-likeness (QED) is 0.648. The molecule has 0 bridgehead atoms. The number of aryl methyl sites for hydroxylation is 1. The second-order valence-corrected chi connectivity index (χ2v) is 8.48. The fourth-order valence-corrected chi connectivity index (χ4v) is 4.68. The van der Waals surface area contributed by atoms with Crippen LogP contribution in [0.5, 0.6) is 0 Å². The molecule has 1 N–H and O–H groups in total. The van der Waals surface area contributed by atoms with E-state index in [9.17, 15) is 9.18 Å². The first-order valence-corrected chi connectivity index (χ1v) is 11.1. The molecule has 1 amide bonds. The second-order valence-electron chi connectivity index (χ2n) is 8.48. The van der Waals surface area contributed by atoms with E-state index in [4.69, 9.17) is 0 Å². The molecule has 7 heteroatoms. The minimum Gasteiger partial charge on any atom is -0.374 e. The number of rotatable bonds is 4. The lowest BCUT2D eigenvalue weighted by molar-refractivity contribution is 0.0733. The molecule has 1 fully saturated rings. The van der Waals surface area contributed by atoms with Gasteiger partial charge in [-0.1, -0.05) is 0 Å². The molecule has 1 saturated heterocycles. The fraction of sp³-hybridized carbons (Fsp3) is 0.320. The predicted octanol–water partition coefficient (Wildman–Crippen LogP) is 4.72. The van der Waals surface area contributed by atoms with E-state index >= 15 is 0 Å². The van der Waals surface area contributed by atoms with Gasteiger partial charge >= 0.3 is 0 Å². The summed E-state index contributed by atoms with van der Waals surface area (Å²) in [5.41, 5.74) is 4.88. The zero-order valence-corrected chi connectivity index (χ0v) is 18.1. The van der Waals surface area contributed by atoms with Gasteiger partial charge in [-0.25, -0.2) is 9.37 Å². The minimum atomic E-state index is -0.374. The van der Waals surface area contributed by atoms with Crippen molar-refractivity contribution in [2.75, 3.05) is 30.4 Å². The number of nitrogens with one attached hydrogen (secondary N) is 1. The number of halogens is 1. The number of hydrogen-bond acceptors (Lipinski definition) is 5. The standard InChI is InChI=1S/C25H26FN5O/c1-30-12-2-4-17-14-18(6-10-22(17)30)25(32)31-13-3-5-23(31)21-9-8-20(16-27-21)29-24-11-7-19(26)15-28-24/h6-11,14-16,23H,2-5,12-13H2,1H3,(H,28,29)/t23-/m1/s1. The van der Waals surface area contributed by atoms with Gasteiger partial charge in [0.2, 0.25) is 0 Å². The van der Waals surface area contributed by atoms with Crippen molar-refractivity contribution >= 4 is 23.1 Å². The lowest BCUT2D eigenvalue weighted by atomic mass is 9.99. The number of carbonyl (C=O) groups excluding carboxylic acids is 1. The van der Waals surface area contributed by atoms with E-state index in [1.165, 1.54) is 23.5 Å². The Kier molecular flexibility index (Phi) is 5.47. The van der Waals surface area contributed by atoms with Crippen molar-refractivity contribution in [1.82, 2.24) is 14.9 Å².